The molecule has 0 aliphatic carbocycles. The van der Waals surface area contributed by atoms with Crippen molar-refractivity contribution < 1.29 is 19.5 Å². The molecule has 7 heteroatoms. The van der Waals surface area contributed by atoms with E-state index in [9.17, 15) is 15.2 Å². The van der Waals surface area contributed by atoms with Crippen LogP contribution in [0.25, 0.3) is 0 Å². The van der Waals surface area contributed by atoms with E-state index >= 15 is 0 Å². The summed E-state index contributed by atoms with van der Waals surface area (Å²) < 4.78 is 10.5. The van der Waals surface area contributed by atoms with Gasteiger partial charge < -0.3 is 19.9 Å². The van der Waals surface area contributed by atoms with Gasteiger partial charge in [0.25, 0.3) is 0 Å². The second-order valence-corrected chi connectivity index (χ2v) is 3.91. The van der Waals surface area contributed by atoms with Crippen LogP contribution in [0.3, 0.4) is 0 Å². The van der Waals surface area contributed by atoms with Crippen molar-refractivity contribution in [1.29, 1.82) is 0 Å². The van der Waals surface area contributed by atoms with Gasteiger partial charge in [-0.25, -0.2) is 0 Å². The van der Waals surface area contributed by atoms with Gasteiger partial charge in [0.05, 0.1) is 24.7 Å². The van der Waals surface area contributed by atoms with Crippen molar-refractivity contribution in [3.8, 4) is 11.5 Å². The van der Waals surface area contributed by atoms with Crippen molar-refractivity contribution in [2.45, 2.75) is 6.10 Å². The minimum atomic E-state index is -0.641. The van der Waals surface area contributed by atoms with Crippen LogP contribution in [-0.4, -0.2) is 36.8 Å². The fourth-order valence-corrected chi connectivity index (χ4v) is 1.87. The predicted octanol–water partition coefficient (Wildman–Crippen LogP) is 0.970. The molecule has 1 aromatic rings. The van der Waals surface area contributed by atoms with E-state index in [2.05, 4.69) is 5.32 Å². The summed E-state index contributed by atoms with van der Waals surface area (Å²) in [6.07, 6.45) is -0.271. The number of nitro benzene ring substituents is 1. The highest BCUT2D eigenvalue weighted by Gasteiger charge is 2.24. The summed E-state index contributed by atoms with van der Waals surface area (Å²) in [7, 11) is 1.35. The number of morpholine rings is 1. The topological polar surface area (TPSA) is 93.9 Å². The SMILES string of the molecule is COc1cc(C2CNCCO2)cc([N+](=O)[O-])c1O. The Balaban J connectivity index is 2.41. The molecule has 0 saturated carbocycles. The first-order valence-electron chi connectivity index (χ1n) is 5.51. The quantitative estimate of drug-likeness (QED) is 0.616. The third-order valence-corrected chi connectivity index (χ3v) is 2.79. The van der Waals surface area contributed by atoms with Gasteiger partial charge in [0.15, 0.2) is 5.75 Å². The lowest BCUT2D eigenvalue weighted by atomic mass is 10.1. The molecule has 2 N–H and O–H groups in total. The molecule has 1 heterocycles. The standard InChI is InChI=1S/C11H14N2O5/c1-17-9-5-7(10-6-12-2-3-18-10)4-8(11(9)14)13(15)16/h4-5,10,12,14H,2-3,6H2,1H3. The molecule has 0 radical (unpaired) electrons. The van der Waals surface area contributed by atoms with Crippen molar-refractivity contribution in [2.24, 2.45) is 0 Å². The second-order valence-electron chi connectivity index (χ2n) is 3.91. The molecule has 1 fully saturated rings. The Labute approximate surface area is 103 Å². The van der Waals surface area contributed by atoms with Crippen molar-refractivity contribution in [1.82, 2.24) is 5.32 Å². The molecule has 1 aliphatic heterocycles. The summed E-state index contributed by atoms with van der Waals surface area (Å²) in [5, 5.41) is 23.7. The van der Waals surface area contributed by atoms with E-state index in [-0.39, 0.29) is 17.5 Å². The molecule has 0 aromatic heterocycles. The van der Waals surface area contributed by atoms with Gasteiger partial charge in [0.2, 0.25) is 5.75 Å². The van der Waals surface area contributed by atoms with Gasteiger partial charge in [-0.2, -0.15) is 0 Å². The Morgan fingerprint density at radius 3 is 2.94 bits per heavy atom. The van der Waals surface area contributed by atoms with Gasteiger partial charge in [-0.3, -0.25) is 10.1 Å². The third kappa shape index (κ3) is 2.36. The van der Waals surface area contributed by atoms with E-state index in [1.807, 2.05) is 0 Å². The van der Waals surface area contributed by atoms with Crippen molar-refractivity contribution >= 4 is 5.69 Å². The van der Waals surface area contributed by atoms with Gasteiger partial charge in [0, 0.05) is 19.2 Å². The molecular weight excluding hydrogens is 240 g/mol. The van der Waals surface area contributed by atoms with E-state index in [1.165, 1.54) is 13.2 Å². The van der Waals surface area contributed by atoms with Crippen LogP contribution in [0.2, 0.25) is 0 Å². The van der Waals surface area contributed by atoms with Crippen molar-refractivity contribution in [3.63, 3.8) is 0 Å². The number of nitro groups is 1. The summed E-state index contributed by atoms with van der Waals surface area (Å²) >= 11 is 0. The highest BCUT2D eigenvalue weighted by atomic mass is 16.6. The van der Waals surface area contributed by atoms with Crippen LogP contribution >= 0.6 is 0 Å². The Bertz CT molecular complexity index is 457. The van der Waals surface area contributed by atoms with Crippen LogP contribution in [0.5, 0.6) is 11.5 Å². The zero-order chi connectivity index (χ0) is 13.1. The molecule has 7 nitrogen and oxygen atoms in total. The molecule has 0 amide bonds. The molecule has 18 heavy (non-hydrogen) atoms. The number of aromatic hydroxyl groups is 1. The molecule has 1 saturated heterocycles. The van der Waals surface area contributed by atoms with E-state index in [1.54, 1.807) is 6.07 Å². The Kier molecular flexibility index (Phi) is 3.63. The zero-order valence-electron chi connectivity index (χ0n) is 9.88. The van der Waals surface area contributed by atoms with Crippen molar-refractivity contribution in [2.75, 3.05) is 26.8 Å². The van der Waals surface area contributed by atoms with Gasteiger partial charge in [-0.15, -0.1) is 0 Å². The normalized spacial score (nSPS) is 19.5. The smallest absolute Gasteiger partial charge is 0.315 e. The molecule has 1 aromatic carbocycles. The summed E-state index contributed by atoms with van der Waals surface area (Å²) in [5.74, 6) is -0.386. The van der Waals surface area contributed by atoms with Gasteiger partial charge in [0.1, 0.15) is 0 Å². The fourth-order valence-electron chi connectivity index (χ4n) is 1.87. The molecule has 0 spiro atoms. The van der Waals surface area contributed by atoms with Gasteiger partial charge in [-0.05, 0) is 11.6 Å². The summed E-state index contributed by atoms with van der Waals surface area (Å²) in [4.78, 5) is 10.2. The second kappa shape index (κ2) is 5.19. The van der Waals surface area contributed by atoms with Gasteiger partial charge >= 0.3 is 5.69 Å². The van der Waals surface area contributed by atoms with Crippen molar-refractivity contribution in [3.05, 3.63) is 27.8 Å². The number of rotatable bonds is 3. The van der Waals surface area contributed by atoms with Crippen LogP contribution in [0.1, 0.15) is 11.7 Å². The Morgan fingerprint density at radius 2 is 2.39 bits per heavy atom. The maximum absolute atomic E-state index is 10.9. The number of phenolic OH excluding ortho intramolecular Hbond substituents is 1. The molecule has 1 aliphatic rings. The molecule has 1 atom stereocenters. The van der Waals surface area contributed by atoms with E-state index < -0.39 is 10.7 Å². The maximum atomic E-state index is 10.9. The maximum Gasteiger partial charge on any atom is 0.315 e. The number of nitrogens with zero attached hydrogens (tertiary/aromatic N) is 1. The lowest BCUT2D eigenvalue weighted by Gasteiger charge is -2.24. The van der Waals surface area contributed by atoms with E-state index in [0.717, 1.165) is 6.54 Å². The molecule has 1 unspecified atom stereocenters. The van der Waals surface area contributed by atoms with Crippen LogP contribution < -0.4 is 10.1 Å². The Morgan fingerprint density at radius 1 is 1.61 bits per heavy atom. The van der Waals surface area contributed by atoms with Crippen LogP contribution in [0.15, 0.2) is 12.1 Å². The minimum Gasteiger partial charge on any atom is -0.500 e. The highest BCUT2D eigenvalue weighted by Crippen LogP contribution is 2.39. The predicted molar refractivity (Wildman–Crippen MR) is 62.9 cm³/mol. The lowest BCUT2D eigenvalue weighted by molar-refractivity contribution is -0.386. The molecule has 2 rings (SSSR count). The number of phenols is 1. The van der Waals surface area contributed by atoms with E-state index in [4.69, 9.17) is 9.47 Å². The monoisotopic (exact) mass is 254 g/mol. The molecule has 0 bridgehead atoms. The first-order valence-corrected chi connectivity index (χ1v) is 5.51. The lowest BCUT2D eigenvalue weighted by Crippen LogP contribution is -2.33. The number of methoxy groups -OCH3 is 1. The van der Waals surface area contributed by atoms with Crippen LogP contribution in [0.4, 0.5) is 5.69 Å². The summed E-state index contributed by atoms with van der Waals surface area (Å²) in [5.41, 5.74) is 0.238. The third-order valence-electron chi connectivity index (χ3n) is 2.79. The molecular formula is C11H14N2O5. The summed E-state index contributed by atoms with van der Waals surface area (Å²) in [6, 6.07) is 2.87. The number of hydrogen-bond acceptors (Lipinski definition) is 6. The van der Waals surface area contributed by atoms with Crippen LogP contribution in [0, 0.1) is 10.1 Å². The highest BCUT2D eigenvalue weighted by molar-refractivity contribution is 5.57. The fraction of sp³-hybridized carbons (Fsp3) is 0.455. The number of ether oxygens (including phenoxy) is 2. The largest absolute Gasteiger partial charge is 0.500 e. The average Bonchev–Trinajstić information content (AvgIpc) is 2.39. The number of benzene rings is 1. The molecule has 98 valence electrons. The first kappa shape index (κ1) is 12.6. The average molecular weight is 254 g/mol. The van der Waals surface area contributed by atoms with Gasteiger partial charge in [-0.1, -0.05) is 0 Å². The first-order chi connectivity index (χ1) is 8.63. The van der Waals surface area contributed by atoms with Crippen LogP contribution in [-0.2, 0) is 4.74 Å². The summed E-state index contributed by atoms with van der Waals surface area (Å²) in [6.45, 7) is 1.88. The number of hydrogen-bond donors (Lipinski definition) is 2. The number of nitrogens with one attached hydrogen (secondary N) is 1. The Hall–Kier alpha value is -1.86. The van der Waals surface area contributed by atoms with E-state index in [0.29, 0.717) is 18.7 Å². The minimum absolute atomic E-state index is 0.0772. The zero-order valence-corrected chi connectivity index (χ0v) is 9.88.